The van der Waals surface area contributed by atoms with Gasteiger partial charge in [-0.05, 0) is 24.6 Å². The predicted octanol–water partition coefficient (Wildman–Crippen LogP) is 1.48. The lowest BCUT2D eigenvalue weighted by Crippen LogP contribution is -2.28. The van der Waals surface area contributed by atoms with Gasteiger partial charge in [-0.2, -0.15) is 0 Å². The molecule has 1 aliphatic rings. The van der Waals surface area contributed by atoms with Crippen molar-refractivity contribution < 1.29 is 14.2 Å². The largest absolute Gasteiger partial charge is 0.394 e. The molecule has 1 heterocycles. The van der Waals surface area contributed by atoms with Crippen LogP contribution >= 0.6 is 0 Å². The van der Waals surface area contributed by atoms with E-state index in [2.05, 4.69) is 9.80 Å². The van der Waals surface area contributed by atoms with Gasteiger partial charge in [0.25, 0.3) is 0 Å². The van der Waals surface area contributed by atoms with Crippen LogP contribution in [0.4, 0.5) is 15.8 Å². The lowest BCUT2D eigenvalue weighted by molar-refractivity contribution is 0.0967. The molecular weight excluding hydrogens is 247 g/mol. The Hall–Kier alpha value is -1.33. The Morgan fingerprint density at radius 2 is 2.11 bits per heavy atom. The number of halogens is 1. The van der Waals surface area contributed by atoms with Crippen LogP contribution in [0.1, 0.15) is 6.42 Å². The number of rotatable bonds is 5. The van der Waals surface area contributed by atoms with Gasteiger partial charge >= 0.3 is 0 Å². The normalized spacial score (nSPS) is 15.3. The molecule has 1 aliphatic heterocycles. The van der Waals surface area contributed by atoms with Crippen molar-refractivity contribution >= 4 is 11.4 Å². The van der Waals surface area contributed by atoms with Gasteiger partial charge in [0.05, 0.1) is 31.2 Å². The van der Waals surface area contributed by atoms with Crippen molar-refractivity contribution in [2.45, 2.75) is 6.42 Å². The van der Waals surface area contributed by atoms with Crippen molar-refractivity contribution in [1.82, 2.24) is 0 Å². The number of aliphatic hydroxyl groups excluding tert-OH is 1. The number of aliphatic hydroxyl groups is 1. The average molecular weight is 268 g/mol. The first kappa shape index (κ1) is 14.1. The van der Waals surface area contributed by atoms with E-state index in [1.54, 1.807) is 6.07 Å². The standard InChI is InChI=1S/C14H21FN2O2/c1-16-5-2-6-17(7-9-19-10-8-18)14-11-12(15)3-4-13(14)16/h3-4,11,18H,2,5-10H2,1H3. The van der Waals surface area contributed by atoms with Crippen molar-refractivity contribution in [2.75, 3.05) is 56.3 Å². The lowest BCUT2D eigenvalue weighted by Gasteiger charge is -2.25. The molecular formula is C14H21FN2O2. The molecule has 0 unspecified atom stereocenters. The van der Waals surface area contributed by atoms with Crippen LogP contribution in [0, 0.1) is 5.82 Å². The molecule has 106 valence electrons. The predicted molar refractivity (Wildman–Crippen MR) is 74.4 cm³/mol. The zero-order valence-corrected chi connectivity index (χ0v) is 11.3. The summed E-state index contributed by atoms with van der Waals surface area (Å²) in [5.74, 6) is -0.213. The van der Waals surface area contributed by atoms with Gasteiger partial charge in [0.2, 0.25) is 0 Å². The van der Waals surface area contributed by atoms with Crippen LogP contribution in [0.5, 0.6) is 0 Å². The summed E-state index contributed by atoms with van der Waals surface area (Å²) in [6, 6.07) is 4.92. The zero-order valence-electron chi connectivity index (χ0n) is 11.3. The van der Waals surface area contributed by atoms with Gasteiger partial charge in [0, 0.05) is 26.7 Å². The third kappa shape index (κ3) is 3.58. The second-order valence-electron chi connectivity index (χ2n) is 4.73. The molecule has 1 aromatic rings. The Morgan fingerprint density at radius 1 is 1.26 bits per heavy atom. The highest BCUT2D eigenvalue weighted by Gasteiger charge is 2.18. The number of benzene rings is 1. The summed E-state index contributed by atoms with van der Waals surface area (Å²) in [7, 11) is 2.03. The maximum atomic E-state index is 13.5. The summed E-state index contributed by atoms with van der Waals surface area (Å²) in [6.45, 7) is 3.50. The summed E-state index contributed by atoms with van der Waals surface area (Å²) in [6.07, 6.45) is 1.03. The van der Waals surface area contributed by atoms with E-state index in [4.69, 9.17) is 9.84 Å². The number of fused-ring (bicyclic) bond motifs is 1. The van der Waals surface area contributed by atoms with Gasteiger partial charge < -0.3 is 19.6 Å². The molecule has 5 heteroatoms. The minimum Gasteiger partial charge on any atom is -0.394 e. The van der Waals surface area contributed by atoms with Gasteiger partial charge in [-0.1, -0.05) is 0 Å². The van der Waals surface area contributed by atoms with Crippen LogP contribution in [0.15, 0.2) is 18.2 Å². The first-order valence-electron chi connectivity index (χ1n) is 6.66. The van der Waals surface area contributed by atoms with Gasteiger partial charge in [0.1, 0.15) is 5.82 Å². The smallest absolute Gasteiger partial charge is 0.125 e. The van der Waals surface area contributed by atoms with Crippen LogP contribution < -0.4 is 9.80 Å². The fourth-order valence-electron chi connectivity index (χ4n) is 2.39. The van der Waals surface area contributed by atoms with E-state index in [1.807, 2.05) is 13.1 Å². The van der Waals surface area contributed by atoms with Crippen molar-refractivity contribution in [3.8, 4) is 0 Å². The monoisotopic (exact) mass is 268 g/mol. The van der Waals surface area contributed by atoms with Crippen LogP contribution in [-0.4, -0.2) is 51.6 Å². The molecule has 0 aromatic heterocycles. The third-order valence-corrected chi connectivity index (χ3v) is 3.35. The molecule has 0 aliphatic carbocycles. The average Bonchev–Trinajstić information content (AvgIpc) is 2.55. The molecule has 0 spiro atoms. The van der Waals surface area contributed by atoms with Crippen LogP contribution in [0.3, 0.4) is 0 Å². The number of hydrogen-bond donors (Lipinski definition) is 1. The molecule has 4 nitrogen and oxygen atoms in total. The maximum absolute atomic E-state index is 13.5. The first-order valence-corrected chi connectivity index (χ1v) is 6.66. The van der Waals surface area contributed by atoms with Crippen molar-refractivity contribution in [3.05, 3.63) is 24.0 Å². The summed E-state index contributed by atoms with van der Waals surface area (Å²) < 4.78 is 18.8. The molecule has 0 bridgehead atoms. The van der Waals surface area contributed by atoms with Crippen molar-refractivity contribution in [3.63, 3.8) is 0 Å². The van der Waals surface area contributed by atoms with E-state index >= 15 is 0 Å². The molecule has 2 rings (SSSR count). The fraction of sp³-hybridized carbons (Fsp3) is 0.571. The summed E-state index contributed by atoms with van der Waals surface area (Å²) in [5.41, 5.74) is 1.98. The number of hydrogen-bond acceptors (Lipinski definition) is 4. The number of anilines is 2. The Kier molecular flexibility index (Phi) is 4.99. The van der Waals surface area contributed by atoms with Gasteiger partial charge in [0.15, 0.2) is 0 Å². The maximum Gasteiger partial charge on any atom is 0.125 e. The molecule has 0 saturated heterocycles. The minimum atomic E-state index is -0.213. The SMILES string of the molecule is CN1CCCN(CCOCCO)c2cc(F)ccc21. The van der Waals surface area contributed by atoms with Crippen LogP contribution in [0.25, 0.3) is 0 Å². The van der Waals surface area contributed by atoms with E-state index < -0.39 is 0 Å². The van der Waals surface area contributed by atoms with Crippen LogP contribution in [0.2, 0.25) is 0 Å². The molecule has 19 heavy (non-hydrogen) atoms. The van der Waals surface area contributed by atoms with E-state index in [0.717, 1.165) is 30.9 Å². The molecule has 1 aromatic carbocycles. The Bertz CT molecular complexity index is 414. The molecule has 0 saturated carbocycles. The van der Waals surface area contributed by atoms with E-state index in [-0.39, 0.29) is 12.4 Å². The van der Waals surface area contributed by atoms with Gasteiger partial charge in [-0.15, -0.1) is 0 Å². The van der Waals surface area contributed by atoms with Gasteiger partial charge in [-0.3, -0.25) is 0 Å². The second-order valence-corrected chi connectivity index (χ2v) is 4.73. The summed E-state index contributed by atoms with van der Waals surface area (Å²) in [5, 5.41) is 8.68. The highest BCUT2D eigenvalue weighted by molar-refractivity contribution is 5.72. The Labute approximate surface area is 113 Å². The van der Waals surface area contributed by atoms with Crippen molar-refractivity contribution in [2.24, 2.45) is 0 Å². The van der Waals surface area contributed by atoms with Gasteiger partial charge in [-0.25, -0.2) is 4.39 Å². The second kappa shape index (κ2) is 6.73. The summed E-state index contributed by atoms with van der Waals surface area (Å²) in [4.78, 5) is 4.31. The topological polar surface area (TPSA) is 35.9 Å². The third-order valence-electron chi connectivity index (χ3n) is 3.35. The number of nitrogens with zero attached hydrogens (tertiary/aromatic N) is 2. The zero-order chi connectivity index (χ0) is 13.7. The Morgan fingerprint density at radius 3 is 2.89 bits per heavy atom. The number of ether oxygens (including phenoxy) is 1. The molecule has 0 amide bonds. The van der Waals surface area contributed by atoms with E-state index in [0.29, 0.717) is 19.8 Å². The fourth-order valence-corrected chi connectivity index (χ4v) is 2.39. The molecule has 0 fully saturated rings. The molecule has 0 radical (unpaired) electrons. The van der Waals surface area contributed by atoms with Crippen LogP contribution in [-0.2, 0) is 4.74 Å². The van der Waals surface area contributed by atoms with E-state index in [1.165, 1.54) is 6.07 Å². The molecule has 1 N–H and O–H groups in total. The summed E-state index contributed by atoms with van der Waals surface area (Å²) >= 11 is 0. The molecule has 0 atom stereocenters. The first-order chi connectivity index (χ1) is 9.22. The lowest BCUT2D eigenvalue weighted by atomic mass is 10.2. The quantitative estimate of drug-likeness (QED) is 0.821. The minimum absolute atomic E-state index is 0.0357. The highest BCUT2D eigenvalue weighted by atomic mass is 19.1. The Balaban J connectivity index is 2.11. The van der Waals surface area contributed by atoms with E-state index in [9.17, 15) is 4.39 Å². The highest BCUT2D eigenvalue weighted by Crippen LogP contribution is 2.31. The van der Waals surface area contributed by atoms with Crippen molar-refractivity contribution in [1.29, 1.82) is 0 Å².